The van der Waals surface area contributed by atoms with Gasteiger partial charge in [0.05, 0.1) is 31.1 Å². The second kappa shape index (κ2) is 12.0. The molecule has 2 amide bonds. The molecule has 0 radical (unpaired) electrons. The van der Waals surface area contributed by atoms with Gasteiger partial charge in [-0.05, 0) is 91.8 Å². The second-order valence-electron chi connectivity index (χ2n) is 10.6. The predicted octanol–water partition coefficient (Wildman–Crippen LogP) is 5.53. The van der Waals surface area contributed by atoms with Crippen LogP contribution in [0.1, 0.15) is 67.5 Å². The van der Waals surface area contributed by atoms with Crippen LogP contribution in [0, 0.1) is 31.6 Å². The molecule has 4 rings (SSSR count). The number of amides is 2. The number of fused-ring (bicyclic) bond motifs is 1. The van der Waals surface area contributed by atoms with Crippen molar-refractivity contribution in [3.63, 3.8) is 0 Å². The number of hydrogen-bond acceptors (Lipinski definition) is 6. The van der Waals surface area contributed by atoms with Crippen molar-refractivity contribution in [1.29, 1.82) is 0 Å². The van der Waals surface area contributed by atoms with Gasteiger partial charge in [-0.25, -0.2) is 0 Å². The van der Waals surface area contributed by atoms with Gasteiger partial charge < -0.3 is 15.3 Å². The van der Waals surface area contributed by atoms with E-state index in [2.05, 4.69) is 13.0 Å². The third-order valence-electron chi connectivity index (χ3n) is 8.23. The monoisotopic (exact) mass is 537 g/mol. The van der Waals surface area contributed by atoms with Crippen LogP contribution in [-0.2, 0) is 16.1 Å². The number of nitrogens with zero attached hydrogens (tertiary/aromatic N) is 1. The van der Waals surface area contributed by atoms with Crippen molar-refractivity contribution in [3.05, 3.63) is 67.9 Å². The summed E-state index contributed by atoms with van der Waals surface area (Å²) in [6, 6.07) is 7.74. The van der Waals surface area contributed by atoms with Gasteiger partial charge in [-0.1, -0.05) is 37.1 Å². The van der Waals surface area contributed by atoms with Gasteiger partial charge in [0.1, 0.15) is 5.75 Å². The normalized spacial score (nSPS) is 22.8. The molecule has 4 atom stereocenters. The Labute approximate surface area is 229 Å². The van der Waals surface area contributed by atoms with E-state index in [1.807, 2.05) is 50.4 Å². The fourth-order valence-corrected chi connectivity index (χ4v) is 6.91. The molecule has 0 saturated carbocycles. The number of carbonyl (C=O) groups is 2. The van der Waals surface area contributed by atoms with Crippen LogP contribution in [0.2, 0.25) is 0 Å². The van der Waals surface area contributed by atoms with E-state index in [0.29, 0.717) is 31.4 Å². The molecule has 1 aliphatic carbocycles. The highest BCUT2D eigenvalue weighted by atomic mass is 32.1. The number of aliphatic hydroxyl groups excluding tert-OH is 2. The number of rotatable bonds is 10. The number of carbonyl (C=O) groups excluding carboxylic acids is 2. The zero-order valence-electron chi connectivity index (χ0n) is 22.7. The van der Waals surface area contributed by atoms with Gasteiger partial charge in [-0.2, -0.15) is 0 Å². The molecular weight excluding hydrogens is 498 g/mol. The fraction of sp³-hybridized carbons (Fsp3) is 0.484. The largest absolute Gasteiger partial charge is 0.507 e. The van der Waals surface area contributed by atoms with E-state index in [-0.39, 0.29) is 25.0 Å². The highest BCUT2D eigenvalue weighted by molar-refractivity contribution is 7.09. The minimum absolute atomic E-state index is 0.165. The number of phenols is 1. The van der Waals surface area contributed by atoms with E-state index >= 15 is 0 Å². The zero-order chi connectivity index (χ0) is 27.6. The summed E-state index contributed by atoms with van der Waals surface area (Å²) in [6.07, 6.45) is 4.41. The van der Waals surface area contributed by atoms with Gasteiger partial charge >= 0.3 is 0 Å². The number of aliphatic hydroxyl groups is 2. The van der Waals surface area contributed by atoms with Crippen LogP contribution >= 0.6 is 11.3 Å². The summed E-state index contributed by atoms with van der Waals surface area (Å²) >= 11 is 1.51. The standard InChI is InChI=1S/C31H39NO5S/c1-5-20(14-21-12-18(3)29(35)19(4)13-21)9-10-26(34)27-22(6-2)15-24-28(25(27)17-33)31(37)32(30(24)36)16-23-8-7-11-38-23/h7-8,11-14,24-26,28,33-35H,5-6,9-10,15-17H2,1-4H3/b20-14+/t24-,25+,26-,28-/m1/s1. The summed E-state index contributed by atoms with van der Waals surface area (Å²) in [5.74, 6) is -1.75. The molecule has 38 heavy (non-hydrogen) atoms. The summed E-state index contributed by atoms with van der Waals surface area (Å²) in [6.45, 7) is 7.86. The van der Waals surface area contributed by atoms with Crippen molar-refractivity contribution in [2.75, 3.05) is 6.61 Å². The first-order valence-corrected chi connectivity index (χ1v) is 14.5. The maximum Gasteiger partial charge on any atom is 0.234 e. The number of aromatic hydroxyl groups is 1. The highest BCUT2D eigenvalue weighted by Crippen LogP contribution is 2.47. The minimum atomic E-state index is -0.796. The van der Waals surface area contributed by atoms with Gasteiger partial charge in [0.2, 0.25) is 11.8 Å². The molecule has 1 aromatic carbocycles. The van der Waals surface area contributed by atoms with Gasteiger partial charge in [0, 0.05) is 10.8 Å². The van der Waals surface area contributed by atoms with Crippen molar-refractivity contribution in [2.45, 2.75) is 72.4 Å². The average Bonchev–Trinajstić information content (AvgIpc) is 3.51. The number of likely N-dealkylation sites (tertiary alicyclic amines) is 1. The first-order valence-electron chi connectivity index (χ1n) is 13.6. The second-order valence-corrected chi connectivity index (χ2v) is 11.6. The molecule has 1 aliphatic heterocycles. The number of benzene rings is 1. The van der Waals surface area contributed by atoms with E-state index in [1.165, 1.54) is 21.8 Å². The molecule has 2 aromatic rings. The van der Waals surface area contributed by atoms with E-state index in [0.717, 1.165) is 39.1 Å². The third kappa shape index (κ3) is 5.51. The molecule has 1 fully saturated rings. The highest BCUT2D eigenvalue weighted by Gasteiger charge is 2.54. The molecule has 1 saturated heterocycles. The van der Waals surface area contributed by atoms with Gasteiger partial charge in [-0.15, -0.1) is 11.3 Å². The summed E-state index contributed by atoms with van der Waals surface area (Å²) in [7, 11) is 0. The van der Waals surface area contributed by atoms with E-state index in [9.17, 15) is 24.9 Å². The molecule has 7 heteroatoms. The van der Waals surface area contributed by atoms with Crippen LogP contribution in [0.15, 0.2) is 46.4 Å². The van der Waals surface area contributed by atoms with Gasteiger partial charge in [0.15, 0.2) is 0 Å². The SMILES string of the molecule is CCC1=C([C@H](O)CC/C(=C/c2cc(C)c(O)c(C)c2)CC)[C@H](CO)[C@@H]2C(=O)N(Cc3cccs3)C(=O)[C@@H]2C1. The first-order chi connectivity index (χ1) is 18.2. The van der Waals surface area contributed by atoms with Crippen LogP contribution in [0.5, 0.6) is 5.75 Å². The van der Waals surface area contributed by atoms with Crippen LogP contribution in [0.4, 0.5) is 0 Å². The average molecular weight is 538 g/mol. The van der Waals surface area contributed by atoms with Gasteiger partial charge in [0.25, 0.3) is 0 Å². The Morgan fingerprint density at radius 3 is 2.47 bits per heavy atom. The molecule has 1 aromatic heterocycles. The number of imide groups is 1. The predicted molar refractivity (Wildman–Crippen MR) is 150 cm³/mol. The van der Waals surface area contributed by atoms with Crippen LogP contribution < -0.4 is 0 Å². The lowest BCUT2D eigenvalue weighted by molar-refractivity contribution is -0.140. The molecule has 2 heterocycles. The molecular formula is C31H39NO5S. The van der Waals surface area contributed by atoms with Crippen molar-refractivity contribution in [3.8, 4) is 5.75 Å². The number of allylic oxidation sites excluding steroid dienone is 2. The third-order valence-corrected chi connectivity index (χ3v) is 9.09. The number of thiophene rings is 1. The Bertz CT molecular complexity index is 1220. The number of aryl methyl sites for hydroxylation is 2. The Morgan fingerprint density at radius 2 is 1.89 bits per heavy atom. The van der Waals surface area contributed by atoms with E-state index in [1.54, 1.807) is 0 Å². The van der Waals surface area contributed by atoms with E-state index < -0.39 is 23.9 Å². The Morgan fingerprint density at radius 1 is 1.18 bits per heavy atom. The molecule has 3 N–H and O–H groups in total. The Balaban J connectivity index is 1.54. The lowest BCUT2D eigenvalue weighted by Crippen LogP contribution is -2.39. The molecule has 0 bridgehead atoms. The van der Waals surface area contributed by atoms with Crippen LogP contribution in [0.25, 0.3) is 6.08 Å². The summed E-state index contributed by atoms with van der Waals surface area (Å²) < 4.78 is 0. The van der Waals surface area contributed by atoms with Crippen LogP contribution in [-0.4, -0.2) is 44.7 Å². The molecule has 2 aliphatic rings. The van der Waals surface area contributed by atoms with Crippen molar-refractivity contribution in [2.24, 2.45) is 17.8 Å². The lowest BCUT2D eigenvalue weighted by Gasteiger charge is -2.36. The number of phenolic OH excluding ortho intramolecular Hbond substituents is 1. The minimum Gasteiger partial charge on any atom is -0.507 e. The molecule has 204 valence electrons. The summed E-state index contributed by atoms with van der Waals surface area (Å²) in [4.78, 5) is 29.1. The van der Waals surface area contributed by atoms with Crippen molar-refractivity contribution in [1.82, 2.24) is 4.90 Å². The van der Waals surface area contributed by atoms with Crippen molar-refractivity contribution >= 4 is 29.2 Å². The zero-order valence-corrected chi connectivity index (χ0v) is 23.6. The quantitative estimate of drug-likeness (QED) is 0.274. The Kier molecular flexibility index (Phi) is 8.91. The molecule has 0 spiro atoms. The first kappa shape index (κ1) is 28.3. The number of hydrogen-bond donors (Lipinski definition) is 3. The molecule has 0 unspecified atom stereocenters. The maximum atomic E-state index is 13.5. The fourth-order valence-electron chi connectivity index (χ4n) is 6.21. The topological polar surface area (TPSA) is 98.1 Å². The van der Waals surface area contributed by atoms with E-state index in [4.69, 9.17) is 0 Å². The lowest BCUT2D eigenvalue weighted by atomic mass is 9.67. The summed E-state index contributed by atoms with van der Waals surface area (Å²) in [5.41, 5.74) is 5.60. The van der Waals surface area contributed by atoms with Gasteiger partial charge in [-0.3, -0.25) is 14.5 Å². The molecule has 6 nitrogen and oxygen atoms in total. The van der Waals surface area contributed by atoms with Crippen LogP contribution in [0.3, 0.4) is 0 Å². The van der Waals surface area contributed by atoms with Crippen molar-refractivity contribution < 1.29 is 24.9 Å². The summed E-state index contributed by atoms with van der Waals surface area (Å²) in [5, 5.41) is 33.9. The Hall–Kier alpha value is -2.74. The maximum absolute atomic E-state index is 13.5. The smallest absolute Gasteiger partial charge is 0.234 e.